The average Bonchev–Trinajstić information content (AvgIpc) is 2.61. The predicted molar refractivity (Wildman–Crippen MR) is 95.4 cm³/mol. The fourth-order valence-corrected chi connectivity index (χ4v) is 2.59. The summed E-state index contributed by atoms with van der Waals surface area (Å²) in [6.07, 6.45) is 0. The first-order chi connectivity index (χ1) is 11.6. The average molecular weight is 342 g/mol. The minimum Gasteiger partial charge on any atom is -0.493 e. The Kier molecular flexibility index (Phi) is 4.53. The van der Waals surface area contributed by atoms with E-state index in [-0.39, 0.29) is 5.95 Å². The zero-order valence-corrected chi connectivity index (χ0v) is 14.0. The van der Waals surface area contributed by atoms with Crippen molar-refractivity contribution in [3.05, 3.63) is 53.6 Å². The van der Waals surface area contributed by atoms with Gasteiger partial charge in [-0.3, -0.25) is 0 Å². The Morgan fingerprint density at radius 2 is 1.62 bits per heavy atom. The summed E-state index contributed by atoms with van der Waals surface area (Å²) in [5.74, 6) is 1.41. The number of nitrogen functional groups attached to an aromatic ring is 1. The van der Waals surface area contributed by atoms with Crippen LogP contribution in [0.4, 0.5) is 5.95 Å². The fraction of sp³-hybridized carbons (Fsp3) is 0.111. The molecule has 122 valence electrons. The fourth-order valence-electron chi connectivity index (χ4n) is 2.46. The van der Waals surface area contributed by atoms with Crippen molar-refractivity contribution in [2.24, 2.45) is 0 Å². The molecule has 0 bridgehead atoms. The summed E-state index contributed by atoms with van der Waals surface area (Å²) < 4.78 is 10.8. The maximum Gasteiger partial charge on any atom is 0.221 e. The first kappa shape index (κ1) is 16.1. The Bertz CT molecular complexity index is 867. The normalized spacial score (nSPS) is 10.5. The van der Waals surface area contributed by atoms with Crippen LogP contribution >= 0.6 is 11.6 Å². The van der Waals surface area contributed by atoms with Gasteiger partial charge in [0.05, 0.1) is 25.6 Å². The van der Waals surface area contributed by atoms with Crippen LogP contribution in [0.3, 0.4) is 0 Å². The van der Waals surface area contributed by atoms with Gasteiger partial charge >= 0.3 is 0 Å². The van der Waals surface area contributed by atoms with E-state index < -0.39 is 0 Å². The number of hydrogen-bond acceptors (Lipinski definition) is 5. The molecule has 0 radical (unpaired) electrons. The molecule has 3 aromatic rings. The van der Waals surface area contributed by atoms with Crippen molar-refractivity contribution in [3.63, 3.8) is 0 Å². The number of ether oxygens (including phenoxy) is 2. The molecular weight excluding hydrogens is 326 g/mol. The van der Waals surface area contributed by atoms with Crippen LogP contribution in [-0.2, 0) is 0 Å². The van der Waals surface area contributed by atoms with Gasteiger partial charge in [0.2, 0.25) is 5.95 Å². The lowest BCUT2D eigenvalue weighted by molar-refractivity contribution is 0.356. The van der Waals surface area contributed by atoms with E-state index >= 15 is 0 Å². The van der Waals surface area contributed by atoms with Crippen molar-refractivity contribution in [3.8, 4) is 34.0 Å². The zero-order valence-electron chi connectivity index (χ0n) is 13.3. The summed E-state index contributed by atoms with van der Waals surface area (Å²) >= 11 is 5.94. The van der Waals surface area contributed by atoms with E-state index in [0.29, 0.717) is 27.9 Å². The van der Waals surface area contributed by atoms with Gasteiger partial charge in [0.1, 0.15) is 0 Å². The molecule has 0 unspecified atom stereocenters. The number of anilines is 1. The molecule has 2 N–H and O–H groups in total. The Balaban J connectivity index is 2.15. The molecule has 1 heterocycles. The summed E-state index contributed by atoms with van der Waals surface area (Å²) in [7, 11) is 3.18. The standard InChI is InChI=1S/C18H16ClN3O2/c1-23-16-5-3-4-13(17(16)24-2)15-10-14(21-18(20)22-15)11-6-8-12(19)9-7-11/h3-10H,1-2H3,(H2,20,21,22). The largest absolute Gasteiger partial charge is 0.493 e. The van der Waals surface area contributed by atoms with Crippen LogP contribution in [0.25, 0.3) is 22.5 Å². The van der Waals surface area contributed by atoms with Crippen LogP contribution in [0.15, 0.2) is 48.5 Å². The van der Waals surface area contributed by atoms with Crippen LogP contribution in [-0.4, -0.2) is 24.2 Å². The number of aromatic nitrogens is 2. The molecule has 6 heteroatoms. The lowest BCUT2D eigenvalue weighted by Gasteiger charge is -2.13. The smallest absolute Gasteiger partial charge is 0.221 e. The third-order valence-electron chi connectivity index (χ3n) is 3.56. The number of methoxy groups -OCH3 is 2. The van der Waals surface area contributed by atoms with Crippen LogP contribution < -0.4 is 15.2 Å². The summed E-state index contributed by atoms with van der Waals surface area (Å²) in [5, 5.41) is 0.662. The monoisotopic (exact) mass is 341 g/mol. The van der Waals surface area contributed by atoms with Crippen LogP contribution in [0, 0.1) is 0 Å². The highest BCUT2D eigenvalue weighted by Crippen LogP contribution is 2.38. The van der Waals surface area contributed by atoms with E-state index in [4.69, 9.17) is 26.8 Å². The Labute approximate surface area is 145 Å². The third-order valence-corrected chi connectivity index (χ3v) is 3.81. The lowest BCUT2D eigenvalue weighted by atomic mass is 10.1. The summed E-state index contributed by atoms with van der Waals surface area (Å²) in [5.41, 5.74) is 8.95. The molecule has 0 saturated carbocycles. The highest BCUT2D eigenvalue weighted by molar-refractivity contribution is 6.30. The number of benzene rings is 2. The van der Waals surface area contributed by atoms with Crippen molar-refractivity contribution in [1.29, 1.82) is 0 Å². The molecule has 0 aliphatic rings. The van der Waals surface area contributed by atoms with Gasteiger partial charge in [-0.15, -0.1) is 0 Å². The molecule has 0 atom stereocenters. The third kappa shape index (κ3) is 3.12. The van der Waals surface area contributed by atoms with Crippen molar-refractivity contribution < 1.29 is 9.47 Å². The van der Waals surface area contributed by atoms with E-state index in [9.17, 15) is 0 Å². The van der Waals surface area contributed by atoms with Gasteiger partial charge in [-0.25, -0.2) is 9.97 Å². The van der Waals surface area contributed by atoms with Gasteiger partial charge in [-0.2, -0.15) is 0 Å². The molecular formula is C18H16ClN3O2. The Hall–Kier alpha value is -2.79. The Morgan fingerprint density at radius 1 is 0.917 bits per heavy atom. The maximum atomic E-state index is 5.94. The summed E-state index contributed by atoms with van der Waals surface area (Å²) in [6, 6.07) is 14.8. The van der Waals surface area contributed by atoms with Crippen molar-refractivity contribution in [1.82, 2.24) is 9.97 Å². The predicted octanol–water partition coefficient (Wildman–Crippen LogP) is 4.06. The molecule has 24 heavy (non-hydrogen) atoms. The number of hydrogen-bond donors (Lipinski definition) is 1. The zero-order chi connectivity index (χ0) is 17.1. The molecule has 0 aliphatic carbocycles. The summed E-state index contributed by atoms with van der Waals surface area (Å²) in [4.78, 5) is 8.65. The highest BCUT2D eigenvalue weighted by Gasteiger charge is 2.14. The van der Waals surface area contributed by atoms with E-state index in [1.165, 1.54) is 0 Å². The van der Waals surface area contributed by atoms with E-state index in [1.54, 1.807) is 26.4 Å². The van der Waals surface area contributed by atoms with Crippen LogP contribution in [0.5, 0.6) is 11.5 Å². The van der Waals surface area contributed by atoms with Crippen molar-refractivity contribution >= 4 is 17.5 Å². The molecule has 2 aromatic carbocycles. The number of rotatable bonds is 4. The maximum absolute atomic E-state index is 5.94. The minimum absolute atomic E-state index is 0.183. The molecule has 0 amide bonds. The second-order valence-electron chi connectivity index (χ2n) is 5.04. The van der Waals surface area contributed by atoms with Crippen LogP contribution in [0.2, 0.25) is 5.02 Å². The molecule has 5 nitrogen and oxygen atoms in total. The summed E-state index contributed by atoms with van der Waals surface area (Å²) in [6.45, 7) is 0. The van der Waals surface area contributed by atoms with Crippen LogP contribution in [0.1, 0.15) is 0 Å². The topological polar surface area (TPSA) is 70.3 Å². The van der Waals surface area contributed by atoms with E-state index in [0.717, 1.165) is 11.1 Å². The number of para-hydroxylation sites is 1. The van der Waals surface area contributed by atoms with Gasteiger partial charge in [-0.1, -0.05) is 29.8 Å². The number of halogens is 1. The van der Waals surface area contributed by atoms with Crippen molar-refractivity contribution in [2.75, 3.05) is 20.0 Å². The molecule has 0 fully saturated rings. The van der Waals surface area contributed by atoms with Gasteiger partial charge in [-0.05, 0) is 30.3 Å². The number of nitrogens with two attached hydrogens (primary N) is 1. The van der Waals surface area contributed by atoms with Gasteiger partial charge in [0.15, 0.2) is 11.5 Å². The molecule has 1 aromatic heterocycles. The van der Waals surface area contributed by atoms with E-state index in [1.807, 2.05) is 36.4 Å². The number of nitrogens with zero attached hydrogens (tertiary/aromatic N) is 2. The Morgan fingerprint density at radius 3 is 2.29 bits per heavy atom. The molecule has 0 spiro atoms. The quantitative estimate of drug-likeness (QED) is 0.774. The van der Waals surface area contributed by atoms with E-state index in [2.05, 4.69) is 9.97 Å². The van der Waals surface area contributed by atoms with Gasteiger partial charge < -0.3 is 15.2 Å². The molecule has 3 rings (SSSR count). The van der Waals surface area contributed by atoms with Crippen molar-refractivity contribution in [2.45, 2.75) is 0 Å². The second-order valence-corrected chi connectivity index (χ2v) is 5.48. The first-order valence-corrected chi connectivity index (χ1v) is 7.62. The first-order valence-electron chi connectivity index (χ1n) is 7.24. The lowest BCUT2D eigenvalue weighted by Crippen LogP contribution is -2.00. The highest BCUT2D eigenvalue weighted by atomic mass is 35.5. The van der Waals surface area contributed by atoms with Gasteiger partial charge in [0.25, 0.3) is 0 Å². The SMILES string of the molecule is COc1cccc(-c2cc(-c3ccc(Cl)cc3)nc(N)n2)c1OC. The molecule has 0 aliphatic heterocycles. The van der Waals surface area contributed by atoms with Gasteiger partial charge in [0, 0.05) is 16.1 Å². The minimum atomic E-state index is 0.183. The second kappa shape index (κ2) is 6.76. The molecule has 0 saturated heterocycles.